The minimum absolute atomic E-state index is 0.0547. The van der Waals surface area contributed by atoms with Gasteiger partial charge in [-0.1, -0.05) is 17.7 Å². The number of anilines is 1. The normalized spacial score (nSPS) is 13.7. The van der Waals surface area contributed by atoms with Crippen LogP contribution in [0.1, 0.15) is 11.1 Å². The summed E-state index contributed by atoms with van der Waals surface area (Å²) in [5, 5.41) is 22.3. The van der Waals surface area contributed by atoms with E-state index in [9.17, 15) is 14.9 Å². The lowest BCUT2D eigenvalue weighted by Gasteiger charge is -2.09. The van der Waals surface area contributed by atoms with Crippen molar-refractivity contribution < 1.29 is 19.2 Å². The molecule has 0 bridgehead atoms. The van der Waals surface area contributed by atoms with Gasteiger partial charge in [-0.05, 0) is 29.8 Å². The van der Waals surface area contributed by atoms with Gasteiger partial charge in [-0.25, -0.2) is 0 Å². The summed E-state index contributed by atoms with van der Waals surface area (Å²) >= 11 is 5.89. The van der Waals surface area contributed by atoms with Crippen molar-refractivity contribution in [1.29, 1.82) is 5.26 Å². The summed E-state index contributed by atoms with van der Waals surface area (Å²) < 4.78 is 10.5. The van der Waals surface area contributed by atoms with E-state index in [-0.39, 0.29) is 22.9 Å². The van der Waals surface area contributed by atoms with Crippen molar-refractivity contribution >= 4 is 40.5 Å². The molecule has 136 valence electrons. The second kappa shape index (κ2) is 7.35. The predicted octanol–water partition coefficient (Wildman–Crippen LogP) is 3.65. The van der Waals surface area contributed by atoms with Gasteiger partial charge in [-0.3, -0.25) is 14.9 Å². The fourth-order valence-corrected chi connectivity index (χ4v) is 2.89. The third-order valence-corrected chi connectivity index (χ3v) is 4.16. The van der Waals surface area contributed by atoms with Gasteiger partial charge in [0.2, 0.25) is 0 Å². The number of halogens is 1. The third kappa shape index (κ3) is 3.54. The van der Waals surface area contributed by atoms with Crippen molar-refractivity contribution in [2.75, 3.05) is 19.0 Å². The molecule has 3 rings (SSSR count). The Morgan fingerprint density at radius 3 is 2.78 bits per heavy atom. The summed E-state index contributed by atoms with van der Waals surface area (Å²) in [5.74, 6) is 0.380. The fourth-order valence-electron chi connectivity index (χ4n) is 2.65. The number of benzene rings is 2. The van der Waals surface area contributed by atoms with Gasteiger partial charge in [0.15, 0.2) is 18.1 Å². The van der Waals surface area contributed by atoms with Gasteiger partial charge in [-0.15, -0.1) is 0 Å². The van der Waals surface area contributed by atoms with Crippen LogP contribution in [0.5, 0.6) is 11.5 Å². The number of nitrogens with zero attached hydrogens (tertiary/aromatic N) is 2. The van der Waals surface area contributed by atoms with Gasteiger partial charge < -0.3 is 14.8 Å². The van der Waals surface area contributed by atoms with Crippen LogP contribution in [0.15, 0.2) is 30.3 Å². The number of nitrogens with one attached hydrogen (secondary N) is 1. The van der Waals surface area contributed by atoms with Crippen LogP contribution in [-0.2, 0) is 4.79 Å². The molecule has 1 aliphatic rings. The highest BCUT2D eigenvalue weighted by Gasteiger charge is 2.28. The lowest BCUT2D eigenvalue weighted by atomic mass is 10.0. The molecule has 1 amide bonds. The van der Waals surface area contributed by atoms with Gasteiger partial charge >= 0.3 is 0 Å². The van der Waals surface area contributed by atoms with E-state index in [4.69, 9.17) is 26.3 Å². The molecule has 1 N–H and O–H groups in total. The summed E-state index contributed by atoms with van der Waals surface area (Å²) in [6.07, 6.45) is 1.58. The Kier molecular flexibility index (Phi) is 4.96. The van der Waals surface area contributed by atoms with E-state index < -0.39 is 10.8 Å². The van der Waals surface area contributed by atoms with Crippen molar-refractivity contribution in [2.24, 2.45) is 0 Å². The Hall–Kier alpha value is -3.57. The van der Waals surface area contributed by atoms with Gasteiger partial charge in [0, 0.05) is 17.2 Å². The van der Waals surface area contributed by atoms with Crippen molar-refractivity contribution in [2.45, 2.75) is 0 Å². The zero-order chi connectivity index (χ0) is 19.6. The molecule has 2 aromatic rings. The molecule has 0 radical (unpaired) electrons. The maximum Gasteiger partial charge on any atom is 0.288 e. The van der Waals surface area contributed by atoms with Gasteiger partial charge in [0.05, 0.1) is 17.7 Å². The molecule has 0 fully saturated rings. The highest BCUT2D eigenvalue weighted by atomic mass is 35.5. The van der Waals surface area contributed by atoms with Crippen molar-refractivity contribution in [3.63, 3.8) is 0 Å². The topological polar surface area (TPSA) is 114 Å². The highest BCUT2D eigenvalue weighted by molar-refractivity contribution is 6.37. The fraction of sp³-hybridized carbons (Fsp3) is 0.111. The van der Waals surface area contributed by atoms with Crippen LogP contribution in [0.25, 0.3) is 11.6 Å². The van der Waals surface area contributed by atoms with E-state index in [1.807, 2.05) is 6.07 Å². The quantitative estimate of drug-likeness (QED) is 0.477. The molecule has 9 heteroatoms. The summed E-state index contributed by atoms with van der Waals surface area (Å²) in [6.45, 7) is -0.128. The number of nitro groups is 1. The van der Waals surface area contributed by atoms with Gasteiger partial charge in [-0.2, -0.15) is 5.26 Å². The third-order valence-electron chi connectivity index (χ3n) is 3.86. The van der Waals surface area contributed by atoms with Crippen LogP contribution >= 0.6 is 11.6 Å². The van der Waals surface area contributed by atoms with Crippen LogP contribution in [-0.4, -0.2) is 24.5 Å². The van der Waals surface area contributed by atoms with Crippen molar-refractivity contribution in [1.82, 2.24) is 0 Å². The standard InChI is InChI=1S/C18H12ClN3O5/c1-26-17-7-10(2-3-16(17)27-5-4-20)6-12-11-8-15(22(24)25)13(19)9-14(11)21-18(12)23/h2-3,6-9H,5H2,1H3,(H,21,23)/b12-6+. The zero-order valence-corrected chi connectivity index (χ0v) is 14.7. The molecule has 0 atom stereocenters. The zero-order valence-electron chi connectivity index (χ0n) is 14.0. The Morgan fingerprint density at radius 1 is 1.33 bits per heavy atom. The second-order valence-corrected chi connectivity index (χ2v) is 5.88. The maximum absolute atomic E-state index is 12.3. The van der Waals surface area contributed by atoms with E-state index in [1.165, 1.54) is 19.2 Å². The van der Waals surface area contributed by atoms with E-state index in [0.29, 0.717) is 28.3 Å². The molecule has 0 spiro atoms. The Morgan fingerprint density at radius 2 is 2.11 bits per heavy atom. The molecular formula is C18H12ClN3O5. The molecule has 0 aliphatic carbocycles. The predicted molar refractivity (Wildman–Crippen MR) is 98.7 cm³/mol. The minimum Gasteiger partial charge on any atom is -0.493 e. The van der Waals surface area contributed by atoms with E-state index in [2.05, 4.69) is 5.32 Å². The number of nitro benzene ring substituents is 1. The summed E-state index contributed by atoms with van der Waals surface area (Å²) in [6, 6.07) is 9.41. The van der Waals surface area contributed by atoms with Crippen LogP contribution in [0.2, 0.25) is 5.02 Å². The van der Waals surface area contributed by atoms with E-state index in [1.54, 1.807) is 24.3 Å². The second-order valence-electron chi connectivity index (χ2n) is 5.48. The van der Waals surface area contributed by atoms with Crippen LogP contribution in [0, 0.1) is 21.4 Å². The van der Waals surface area contributed by atoms with Gasteiger partial charge in [0.25, 0.3) is 11.6 Å². The van der Waals surface area contributed by atoms with E-state index in [0.717, 1.165) is 0 Å². The maximum atomic E-state index is 12.3. The van der Waals surface area contributed by atoms with Gasteiger partial charge in [0.1, 0.15) is 11.1 Å². The largest absolute Gasteiger partial charge is 0.493 e. The summed E-state index contributed by atoms with van der Waals surface area (Å²) in [4.78, 5) is 22.8. The summed E-state index contributed by atoms with van der Waals surface area (Å²) in [7, 11) is 1.45. The average Bonchev–Trinajstić information content (AvgIpc) is 2.93. The number of amides is 1. The number of hydrogen-bond donors (Lipinski definition) is 1. The number of carbonyl (C=O) groups excluding carboxylic acids is 1. The molecule has 8 nitrogen and oxygen atoms in total. The average molecular weight is 386 g/mol. The molecule has 0 saturated heterocycles. The first-order valence-corrected chi connectivity index (χ1v) is 8.01. The van der Waals surface area contributed by atoms with Crippen LogP contribution in [0.4, 0.5) is 11.4 Å². The van der Waals surface area contributed by atoms with Crippen molar-refractivity contribution in [3.8, 4) is 17.6 Å². The number of carbonyl (C=O) groups is 1. The lowest BCUT2D eigenvalue weighted by molar-refractivity contribution is -0.384. The number of methoxy groups -OCH3 is 1. The SMILES string of the molecule is COc1cc(/C=C2/C(=O)Nc3cc(Cl)c([N+](=O)[O-])cc32)ccc1OCC#N. The monoisotopic (exact) mass is 385 g/mol. The molecule has 0 unspecified atom stereocenters. The Labute approximate surface area is 158 Å². The number of nitriles is 1. The number of fused-ring (bicyclic) bond motifs is 1. The summed E-state index contributed by atoms with van der Waals surface area (Å²) in [5.41, 5.74) is 1.39. The van der Waals surface area contributed by atoms with Crippen LogP contribution < -0.4 is 14.8 Å². The first-order valence-electron chi connectivity index (χ1n) is 7.63. The Bertz CT molecular complexity index is 1030. The molecule has 0 aromatic heterocycles. The first kappa shape index (κ1) is 18.2. The molecule has 0 saturated carbocycles. The highest BCUT2D eigenvalue weighted by Crippen LogP contribution is 2.40. The van der Waals surface area contributed by atoms with Crippen molar-refractivity contribution in [3.05, 3.63) is 56.6 Å². The molecule has 2 aromatic carbocycles. The molecule has 1 aliphatic heterocycles. The molecule has 27 heavy (non-hydrogen) atoms. The Balaban J connectivity index is 2.04. The minimum atomic E-state index is -0.604. The molecule has 1 heterocycles. The molecular weight excluding hydrogens is 374 g/mol. The number of hydrogen-bond acceptors (Lipinski definition) is 6. The smallest absolute Gasteiger partial charge is 0.288 e. The van der Waals surface area contributed by atoms with E-state index >= 15 is 0 Å². The number of rotatable bonds is 5. The lowest BCUT2D eigenvalue weighted by Crippen LogP contribution is -2.03. The van der Waals surface area contributed by atoms with Crippen LogP contribution in [0.3, 0.4) is 0 Å². The first-order chi connectivity index (χ1) is 12.9. The number of ether oxygens (including phenoxy) is 2.